The average molecular weight is 288 g/mol. The first-order valence-electron chi connectivity index (χ1n) is 6.31. The van der Waals surface area contributed by atoms with E-state index in [0.29, 0.717) is 32.0 Å². The summed E-state index contributed by atoms with van der Waals surface area (Å²) in [7, 11) is 0. The monoisotopic (exact) mass is 287 g/mol. The average Bonchev–Trinajstić information content (AvgIpc) is 2.85. The van der Waals surface area contributed by atoms with Gasteiger partial charge in [-0.2, -0.15) is 0 Å². The van der Waals surface area contributed by atoms with Gasteiger partial charge in [-0.05, 0) is 6.07 Å². The Morgan fingerprint density at radius 1 is 1.21 bits per heavy atom. The number of phenolic OH excluding ortho intramolecular Hbond substituents is 1. The van der Waals surface area contributed by atoms with Crippen molar-refractivity contribution in [2.45, 2.75) is 18.6 Å². The number of halogens is 2. The number of hydrogen-bond donors (Lipinski definition) is 1. The van der Waals surface area contributed by atoms with Crippen molar-refractivity contribution in [2.75, 3.05) is 31.2 Å². The molecule has 0 bridgehead atoms. The van der Waals surface area contributed by atoms with Gasteiger partial charge in [0.2, 0.25) is 0 Å². The van der Waals surface area contributed by atoms with Gasteiger partial charge in [-0.1, -0.05) is 11.6 Å². The molecule has 2 saturated heterocycles. The molecule has 2 fully saturated rings. The normalized spacial score (nSPS) is 22.1. The lowest BCUT2D eigenvalue weighted by molar-refractivity contribution is -0.169. The van der Waals surface area contributed by atoms with Gasteiger partial charge >= 0.3 is 0 Å². The van der Waals surface area contributed by atoms with Gasteiger partial charge in [0.15, 0.2) is 5.79 Å². The first kappa shape index (κ1) is 13.0. The Morgan fingerprint density at radius 3 is 2.42 bits per heavy atom. The topological polar surface area (TPSA) is 41.9 Å². The van der Waals surface area contributed by atoms with Gasteiger partial charge in [-0.15, -0.1) is 0 Å². The smallest absolute Gasteiger partial charge is 0.171 e. The number of rotatable bonds is 1. The molecule has 1 spiro atoms. The molecule has 0 aromatic heterocycles. The summed E-state index contributed by atoms with van der Waals surface area (Å²) in [6.07, 6.45) is 1.47. The third-order valence-corrected chi connectivity index (χ3v) is 4.07. The van der Waals surface area contributed by atoms with Gasteiger partial charge in [0.25, 0.3) is 0 Å². The van der Waals surface area contributed by atoms with Gasteiger partial charge in [0, 0.05) is 37.7 Å². The van der Waals surface area contributed by atoms with Crippen LogP contribution in [0, 0.1) is 5.82 Å². The van der Waals surface area contributed by atoms with E-state index in [2.05, 4.69) is 0 Å². The maximum absolute atomic E-state index is 13.5. The quantitative estimate of drug-likeness (QED) is 0.862. The predicted octanol–water partition coefficient (Wildman–Crippen LogP) is 2.53. The van der Waals surface area contributed by atoms with Crippen molar-refractivity contribution in [2.24, 2.45) is 0 Å². The second kappa shape index (κ2) is 4.81. The van der Waals surface area contributed by atoms with Crippen molar-refractivity contribution in [1.82, 2.24) is 0 Å². The van der Waals surface area contributed by atoms with Crippen LogP contribution in [0.25, 0.3) is 0 Å². The number of phenols is 1. The van der Waals surface area contributed by atoms with E-state index in [4.69, 9.17) is 21.1 Å². The highest BCUT2D eigenvalue weighted by Crippen LogP contribution is 2.36. The molecular weight excluding hydrogens is 273 g/mol. The van der Waals surface area contributed by atoms with Gasteiger partial charge in [-0.25, -0.2) is 4.39 Å². The van der Waals surface area contributed by atoms with Crippen LogP contribution in [0.4, 0.5) is 10.1 Å². The molecule has 1 N–H and O–H groups in total. The fourth-order valence-electron chi connectivity index (χ4n) is 2.63. The maximum Gasteiger partial charge on any atom is 0.171 e. The molecule has 0 radical (unpaired) electrons. The number of ether oxygens (including phenoxy) is 2. The SMILES string of the molecule is Oc1cc(N2CCC3(CC2)OCCO3)cc(F)c1Cl. The second-order valence-electron chi connectivity index (χ2n) is 4.86. The van der Waals surface area contributed by atoms with Crippen LogP contribution in [-0.2, 0) is 9.47 Å². The molecule has 6 heteroatoms. The molecule has 2 heterocycles. The summed E-state index contributed by atoms with van der Waals surface area (Å²) in [6.45, 7) is 2.66. The highest BCUT2D eigenvalue weighted by atomic mass is 35.5. The third-order valence-electron chi connectivity index (χ3n) is 3.70. The third kappa shape index (κ3) is 2.38. The number of anilines is 1. The number of hydrogen-bond acceptors (Lipinski definition) is 4. The van der Waals surface area contributed by atoms with Crippen LogP contribution in [-0.4, -0.2) is 37.2 Å². The molecule has 0 aliphatic carbocycles. The number of aromatic hydroxyl groups is 1. The second-order valence-corrected chi connectivity index (χ2v) is 5.23. The van der Waals surface area contributed by atoms with E-state index >= 15 is 0 Å². The molecule has 104 valence electrons. The first-order valence-corrected chi connectivity index (χ1v) is 6.68. The van der Waals surface area contributed by atoms with Crippen LogP contribution < -0.4 is 4.90 Å². The molecule has 1 aromatic rings. The zero-order valence-electron chi connectivity index (χ0n) is 10.4. The van der Waals surface area contributed by atoms with E-state index in [1.807, 2.05) is 4.90 Å². The van der Waals surface area contributed by atoms with E-state index in [9.17, 15) is 9.50 Å². The Kier molecular flexibility index (Phi) is 3.28. The van der Waals surface area contributed by atoms with Gasteiger partial charge in [-0.3, -0.25) is 0 Å². The molecule has 4 nitrogen and oxygen atoms in total. The Balaban J connectivity index is 1.74. The van der Waals surface area contributed by atoms with Gasteiger partial charge in [0.05, 0.1) is 13.2 Å². The fourth-order valence-corrected chi connectivity index (χ4v) is 2.74. The molecule has 19 heavy (non-hydrogen) atoms. The summed E-state index contributed by atoms with van der Waals surface area (Å²) in [5.74, 6) is -1.29. The summed E-state index contributed by atoms with van der Waals surface area (Å²) in [6, 6.07) is 2.83. The van der Waals surface area contributed by atoms with Crippen molar-refractivity contribution in [3.63, 3.8) is 0 Å². The van der Waals surface area contributed by atoms with Crippen LogP contribution in [0.5, 0.6) is 5.75 Å². The molecule has 0 unspecified atom stereocenters. The Bertz CT molecular complexity index is 458. The Labute approximate surface area is 115 Å². The molecule has 1 aromatic carbocycles. The first-order chi connectivity index (χ1) is 9.10. The van der Waals surface area contributed by atoms with E-state index in [-0.39, 0.29) is 10.8 Å². The minimum atomic E-state index is -0.606. The lowest BCUT2D eigenvalue weighted by atomic mass is 10.0. The molecule has 0 amide bonds. The summed E-state index contributed by atoms with van der Waals surface area (Å²) in [5, 5.41) is 9.33. The van der Waals surface area contributed by atoms with Crippen molar-refractivity contribution >= 4 is 17.3 Å². The largest absolute Gasteiger partial charge is 0.506 e. The van der Waals surface area contributed by atoms with E-state index < -0.39 is 11.6 Å². The molecule has 0 atom stereocenters. The zero-order chi connectivity index (χ0) is 13.5. The molecule has 2 aliphatic heterocycles. The zero-order valence-corrected chi connectivity index (χ0v) is 11.1. The molecule has 3 rings (SSSR count). The fraction of sp³-hybridized carbons (Fsp3) is 0.538. The Hall–Kier alpha value is -1.04. The van der Waals surface area contributed by atoms with Gasteiger partial charge < -0.3 is 19.5 Å². The van der Waals surface area contributed by atoms with Crippen LogP contribution in [0.15, 0.2) is 12.1 Å². The van der Waals surface area contributed by atoms with Crippen LogP contribution in [0.2, 0.25) is 5.02 Å². The van der Waals surface area contributed by atoms with Crippen molar-refractivity contribution < 1.29 is 19.0 Å². The Morgan fingerprint density at radius 2 is 1.84 bits per heavy atom. The predicted molar refractivity (Wildman–Crippen MR) is 69.2 cm³/mol. The van der Waals surface area contributed by atoms with Crippen LogP contribution in [0.1, 0.15) is 12.8 Å². The van der Waals surface area contributed by atoms with E-state index in [1.54, 1.807) is 0 Å². The molecular formula is C13H15ClFNO3. The molecule has 2 aliphatic rings. The van der Waals surface area contributed by atoms with Gasteiger partial charge in [0.1, 0.15) is 16.6 Å². The lowest BCUT2D eigenvalue weighted by Crippen LogP contribution is -2.45. The minimum Gasteiger partial charge on any atom is -0.506 e. The number of benzene rings is 1. The van der Waals surface area contributed by atoms with Crippen molar-refractivity contribution in [3.8, 4) is 5.75 Å². The van der Waals surface area contributed by atoms with E-state index in [1.165, 1.54) is 12.1 Å². The lowest BCUT2D eigenvalue weighted by Gasteiger charge is -2.38. The highest BCUT2D eigenvalue weighted by Gasteiger charge is 2.39. The molecule has 0 saturated carbocycles. The minimum absolute atomic E-state index is 0.231. The maximum atomic E-state index is 13.5. The van der Waals surface area contributed by atoms with Crippen molar-refractivity contribution in [1.29, 1.82) is 0 Å². The number of nitrogens with zero attached hydrogens (tertiary/aromatic N) is 1. The standard InChI is InChI=1S/C13H15ClFNO3/c14-12-10(15)7-9(8-11(12)17)16-3-1-13(2-4-16)18-5-6-19-13/h7-8,17H,1-6H2. The summed E-state index contributed by atoms with van der Waals surface area (Å²) in [4.78, 5) is 2.00. The van der Waals surface area contributed by atoms with Crippen LogP contribution in [0.3, 0.4) is 0 Å². The van der Waals surface area contributed by atoms with Crippen LogP contribution >= 0.6 is 11.6 Å². The summed E-state index contributed by atoms with van der Waals surface area (Å²) >= 11 is 5.60. The summed E-state index contributed by atoms with van der Waals surface area (Å²) < 4.78 is 24.8. The van der Waals surface area contributed by atoms with E-state index in [0.717, 1.165) is 12.8 Å². The summed E-state index contributed by atoms with van der Waals surface area (Å²) in [5.41, 5.74) is 0.632. The number of piperidine rings is 1. The highest BCUT2D eigenvalue weighted by molar-refractivity contribution is 6.32. The van der Waals surface area contributed by atoms with Crippen molar-refractivity contribution in [3.05, 3.63) is 23.0 Å².